The van der Waals surface area contributed by atoms with Gasteiger partial charge in [-0.15, -0.1) is 0 Å². The Morgan fingerprint density at radius 2 is 1.85 bits per heavy atom. The molecular weight excluding hydrogens is 477 g/mol. The van der Waals surface area contributed by atoms with Crippen LogP contribution in [0.25, 0.3) is 5.95 Å². The zero-order valence-corrected chi connectivity index (χ0v) is 17.4. The lowest BCUT2D eigenvalue weighted by atomic mass is 9.92. The molecule has 2 aromatic rings. The highest BCUT2D eigenvalue weighted by molar-refractivity contribution is 5.82. The molecule has 1 aliphatic heterocycles. The van der Waals surface area contributed by atoms with E-state index in [4.69, 9.17) is 4.74 Å². The molecule has 1 saturated heterocycles. The Bertz CT molecular complexity index is 1030. The van der Waals surface area contributed by atoms with Gasteiger partial charge in [0.25, 0.3) is 12.4 Å². The average Bonchev–Trinajstić information content (AvgIpc) is 3.21. The molecular formula is C19H19F7N6O2. The van der Waals surface area contributed by atoms with Gasteiger partial charge in [0.1, 0.15) is 17.6 Å². The molecule has 2 fully saturated rings. The normalized spacial score (nSPS) is 19.2. The van der Waals surface area contributed by atoms with Crippen LogP contribution in [0.4, 0.5) is 36.6 Å². The van der Waals surface area contributed by atoms with E-state index in [9.17, 15) is 35.5 Å². The highest BCUT2D eigenvalue weighted by Gasteiger charge is 2.47. The van der Waals surface area contributed by atoms with Crippen LogP contribution in [0, 0.1) is 0 Å². The number of halogens is 7. The lowest BCUT2D eigenvalue weighted by molar-refractivity contribution is -0.193. The van der Waals surface area contributed by atoms with Gasteiger partial charge in [0.05, 0.1) is 13.1 Å². The van der Waals surface area contributed by atoms with Gasteiger partial charge in [0.2, 0.25) is 11.8 Å². The van der Waals surface area contributed by atoms with Crippen molar-refractivity contribution in [1.82, 2.24) is 24.6 Å². The van der Waals surface area contributed by atoms with Crippen LogP contribution >= 0.6 is 0 Å². The maximum Gasteiger partial charge on any atom is 0.471 e. The molecule has 2 aliphatic rings. The molecule has 186 valence electrons. The third kappa shape index (κ3) is 5.50. The molecule has 4 rings (SSSR count). The highest BCUT2D eigenvalue weighted by Crippen LogP contribution is 2.34. The summed E-state index contributed by atoms with van der Waals surface area (Å²) in [6, 6.07) is 2.04. The minimum absolute atomic E-state index is 0.105. The number of ether oxygens (including phenoxy) is 1. The van der Waals surface area contributed by atoms with Gasteiger partial charge in [-0.1, -0.05) is 0 Å². The molecule has 3 heterocycles. The van der Waals surface area contributed by atoms with Gasteiger partial charge in [-0.25, -0.2) is 22.2 Å². The summed E-state index contributed by atoms with van der Waals surface area (Å²) in [7, 11) is 0. The van der Waals surface area contributed by atoms with Crippen LogP contribution in [0.3, 0.4) is 0 Å². The van der Waals surface area contributed by atoms with E-state index in [1.165, 1.54) is 12.3 Å². The molecule has 2 aromatic heterocycles. The standard InChI is InChI=1S/C19H19F7N6O2/c20-15(21)12-3-6-32(30-12)17-28-13(27-10-1-4-18(22,23)5-2-10)7-14(29-17)34-11-8-31(9-11)16(33)19(24,25)26/h3,6-7,10-11,15H,1-2,4-5,8-9H2,(H,27,28,29). The number of likely N-dealkylation sites (tertiary alicyclic amines) is 1. The van der Waals surface area contributed by atoms with E-state index in [0.717, 1.165) is 10.7 Å². The van der Waals surface area contributed by atoms with Crippen molar-refractivity contribution in [2.75, 3.05) is 18.4 Å². The largest absolute Gasteiger partial charge is 0.471 e. The molecule has 15 heteroatoms. The minimum Gasteiger partial charge on any atom is -0.470 e. The van der Waals surface area contributed by atoms with Crippen molar-refractivity contribution in [3.8, 4) is 11.8 Å². The lowest BCUT2D eigenvalue weighted by Gasteiger charge is -2.38. The van der Waals surface area contributed by atoms with Gasteiger partial charge in [0, 0.05) is 31.1 Å². The number of alkyl halides is 7. The number of amides is 1. The summed E-state index contributed by atoms with van der Waals surface area (Å²) < 4.78 is 96.8. The third-order valence-corrected chi connectivity index (χ3v) is 5.46. The Morgan fingerprint density at radius 3 is 2.44 bits per heavy atom. The Balaban J connectivity index is 1.51. The fraction of sp³-hybridized carbons (Fsp3) is 0.579. The van der Waals surface area contributed by atoms with E-state index in [2.05, 4.69) is 20.4 Å². The summed E-state index contributed by atoms with van der Waals surface area (Å²) in [4.78, 5) is 20.1. The van der Waals surface area contributed by atoms with E-state index in [1.54, 1.807) is 0 Å². The third-order valence-electron chi connectivity index (χ3n) is 5.46. The van der Waals surface area contributed by atoms with Crippen molar-refractivity contribution in [2.24, 2.45) is 0 Å². The first kappa shape index (κ1) is 24.0. The summed E-state index contributed by atoms with van der Waals surface area (Å²) in [6.07, 6.45) is -7.73. The molecule has 0 unspecified atom stereocenters. The number of hydrogen-bond donors (Lipinski definition) is 1. The summed E-state index contributed by atoms with van der Waals surface area (Å²) >= 11 is 0. The van der Waals surface area contributed by atoms with Gasteiger partial charge in [-0.3, -0.25) is 4.79 Å². The predicted octanol–water partition coefficient (Wildman–Crippen LogP) is 3.74. The molecule has 1 aliphatic carbocycles. The van der Waals surface area contributed by atoms with Crippen LogP contribution in [0.1, 0.15) is 37.8 Å². The Morgan fingerprint density at radius 1 is 1.18 bits per heavy atom. The number of rotatable bonds is 6. The number of aromatic nitrogens is 4. The topological polar surface area (TPSA) is 85.2 Å². The first-order chi connectivity index (χ1) is 15.9. The number of nitrogens with zero attached hydrogens (tertiary/aromatic N) is 5. The monoisotopic (exact) mass is 496 g/mol. The van der Waals surface area contributed by atoms with Crippen LogP contribution < -0.4 is 10.1 Å². The Kier molecular flexibility index (Phi) is 6.29. The van der Waals surface area contributed by atoms with Gasteiger partial charge in [-0.2, -0.15) is 28.2 Å². The van der Waals surface area contributed by atoms with Crippen molar-refractivity contribution in [1.29, 1.82) is 0 Å². The summed E-state index contributed by atoms with van der Waals surface area (Å²) in [5.41, 5.74) is -0.528. The number of nitrogens with one attached hydrogen (secondary N) is 1. The quantitative estimate of drug-likeness (QED) is 0.614. The molecule has 34 heavy (non-hydrogen) atoms. The fourth-order valence-corrected chi connectivity index (χ4v) is 3.64. The van der Waals surface area contributed by atoms with Crippen LogP contribution in [0.5, 0.6) is 5.88 Å². The molecule has 1 amide bonds. The first-order valence-electron chi connectivity index (χ1n) is 10.3. The van der Waals surface area contributed by atoms with Crippen LogP contribution in [0.15, 0.2) is 18.3 Å². The molecule has 1 saturated carbocycles. The Hall–Kier alpha value is -3.13. The van der Waals surface area contributed by atoms with E-state index in [1.807, 2.05) is 0 Å². The van der Waals surface area contributed by atoms with E-state index >= 15 is 0 Å². The molecule has 0 atom stereocenters. The Labute approximate surface area is 188 Å². The summed E-state index contributed by atoms with van der Waals surface area (Å²) in [5, 5.41) is 6.67. The fourth-order valence-electron chi connectivity index (χ4n) is 3.64. The molecule has 0 spiro atoms. The number of anilines is 1. The minimum atomic E-state index is -5.00. The van der Waals surface area contributed by atoms with Crippen molar-refractivity contribution in [3.63, 3.8) is 0 Å². The second-order valence-corrected chi connectivity index (χ2v) is 8.10. The maximum absolute atomic E-state index is 13.4. The maximum atomic E-state index is 13.4. The van der Waals surface area contributed by atoms with Crippen molar-refractivity contribution < 1.29 is 40.3 Å². The number of carbonyl (C=O) groups excluding carboxylic acids is 1. The second kappa shape index (κ2) is 8.91. The van der Waals surface area contributed by atoms with E-state index in [0.29, 0.717) is 4.90 Å². The zero-order valence-electron chi connectivity index (χ0n) is 17.4. The van der Waals surface area contributed by atoms with Crippen molar-refractivity contribution in [3.05, 3.63) is 24.0 Å². The van der Waals surface area contributed by atoms with Gasteiger partial charge in [0.15, 0.2) is 0 Å². The molecule has 8 nitrogen and oxygen atoms in total. The van der Waals surface area contributed by atoms with Crippen LogP contribution in [-0.2, 0) is 4.79 Å². The van der Waals surface area contributed by atoms with Crippen LogP contribution in [0.2, 0.25) is 0 Å². The van der Waals surface area contributed by atoms with Crippen molar-refractivity contribution >= 4 is 11.7 Å². The lowest BCUT2D eigenvalue weighted by Crippen LogP contribution is -2.59. The first-order valence-corrected chi connectivity index (χ1v) is 10.3. The average molecular weight is 496 g/mol. The smallest absolute Gasteiger partial charge is 0.470 e. The SMILES string of the molecule is O=C(N1CC(Oc2cc(NC3CCC(F)(F)CC3)nc(-n3ccc(C(F)F)n3)n2)C1)C(F)(F)F. The molecule has 0 aromatic carbocycles. The van der Waals surface area contributed by atoms with Crippen molar-refractivity contribution in [2.45, 2.75) is 56.4 Å². The van der Waals surface area contributed by atoms with Gasteiger partial charge in [-0.05, 0) is 18.9 Å². The number of carbonyl (C=O) groups is 1. The van der Waals surface area contributed by atoms with E-state index in [-0.39, 0.29) is 62.5 Å². The second-order valence-electron chi connectivity index (χ2n) is 8.10. The molecule has 0 bridgehead atoms. The van der Waals surface area contributed by atoms with Gasteiger partial charge >= 0.3 is 12.1 Å². The van der Waals surface area contributed by atoms with E-state index < -0.39 is 36.2 Å². The highest BCUT2D eigenvalue weighted by atomic mass is 19.4. The molecule has 0 radical (unpaired) electrons. The zero-order chi connectivity index (χ0) is 24.7. The van der Waals surface area contributed by atoms with Gasteiger partial charge < -0.3 is 15.0 Å². The summed E-state index contributed by atoms with van der Waals surface area (Å²) in [6.45, 7) is -0.648. The summed E-state index contributed by atoms with van der Waals surface area (Å²) in [5.74, 6) is -4.86. The molecule has 1 N–H and O–H groups in total. The number of hydrogen-bond acceptors (Lipinski definition) is 6. The van der Waals surface area contributed by atoms with Crippen LogP contribution in [-0.4, -0.2) is 67.9 Å². The predicted molar refractivity (Wildman–Crippen MR) is 102 cm³/mol.